The average molecular weight is 520 g/mol. The summed E-state index contributed by atoms with van der Waals surface area (Å²) < 4.78 is 18.7. The highest BCUT2D eigenvalue weighted by Crippen LogP contribution is 2.31. The number of aryl methyl sites for hydroxylation is 1. The van der Waals surface area contributed by atoms with Crippen molar-refractivity contribution in [1.29, 1.82) is 0 Å². The number of carbonyl (C=O) groups excluding carboxylic acids is 2. The molecule has 1 aliphatic rings. The van der Waals surface area contributed by atoms with Crippen molar-refractivity contribution >= 4 is 28.3 Å². The number of ether oxygens (including phenoxy) is 3. The summed E-state index contributed by atoms with van der Waals surface area (Å²) in [5.74, 6) is 2.15. The van der Waals surface area contributed by atoms with E-state index in [0.717, 1.165) is 43.0 Å². The summed E-state index contributed by atoms with van der Waals surface area (Å²) in [6, 6.07) is 12.3. The monoisotopic (exact) mass is 519 g/mol. The zero-order valence-corrected chi connectivity index (χ0v) is 21.2. The van der Waals surface area contributed by atoms with Crippen LogP contribution in [-0.4, -0.2) is 44.8 Å². The van der Waals surface area contributed by atoms with Crippen LogP contribution in [0.3, 0.4) is 0 Å². The number of hydrogen-bond donors (Lipinski definition) is 1. The molecule has 3 heterocycles. The molecular formula is C26H25N5O5S. The summed E-state index contributed by atoms with van der Waals surface area (Å²) in [6.07, 6.45) is 3.93. The summed E-state index contributed by atoms with van der Waals surface area (Å²) in [5, 5.41) is 13.7. The van der Waals surface area contributed by atoms with E-state index >= 15 is 0 Å². The Morgan fingerprint density at radius 3 is 2.62 bits per heavy atom. The fourth-order valence-corrected chi connectivity index (χ4v) is 4.56. The second-order valence-electron chi connectivity index (χ2n) is 8.44. The lowest BCUT2D eigenvalue weighted by molar-refractivity contribution is -0.147. The van der Waals surface area contributed by atoms with Gasteiger partial charge in [0, 0.05) is 41.7 Å². The summed E-state index contributed by atoms with van der Waals surface area (Å²) >= 11 is 1.31. The molecule has 0 radical (unpaired) electrons. The molecule has 0 aliphatic carbocycles. The van der Waals surface area contributed by atoms with E-state index in [4.69, 9.17) is 14.2 Å². The minimum atomic E-state index is -0.872. The molecule has 1 atom stereocenters. The topological polar surface area (TPSA) is 117 Å². The van der Waals surface area contributed by atoms with Crippen molar-refractivity contribution in [2.45, 2.75) is 38.8 Å². The van der Waals surface area contributed by atoms with E-state index < -0.39 is 12.1 Å². The third kappa shape index (κ3) is 5.61. The fourth-order valence-electron chi connectivity index (χ4n) is 4.03. The first-order valence-corrected chi connectivity index (χ1v) is 12.7. The Kier molecular flexibility index (Phi) is 7.13. The molecule has 4 aromatic rings. The second-order valence-corrected chi connectivity index (χ2v) is 9.34. The number of aromatic nitrogens is 4. The van der Waals surface area contributed by atoms with Crippen LogP contribution in [0.1, 0.15) is 35.9 Å². The number of carbonyl (C=O) groups is 2. The van der Waals surface area contributed by atoms with Gasteiger partial charge in [0.05, 0.1) is 7.11 Å². The number of thiazole rings is 1. The zero-order valence-electron chi connectivity index (χ0n) is 20.3. The van der Waals surface area contributed by atoms with E-state index in [1.165, 1.54) is 24.5 Å². The van der Waals surface area contributed by atoms with E-state index in [-0.39, 0.29) is 17.2 Å². The Hall–Kier alpha value is -4.25. The van der Waals surface area contributed by atoms with Crippen LogP contribution in [0.2, 0.25) is 0 Å². The van der Waals surface area contributed by atoms with Crippen molar-refractivity contribution in [1.82, 2.24) is 19.7 Å². The van der Waals surface area contributed by atoms with Gasteiger partial charge in [-0.15, -0.1) is 21.5 Å². The van der Waals surface area contributed by atoms with Crippen LogP contribution in [0.4, 0.5) is 5.13 Å². The van der Waals surface area contributed by atoms with Gasteiger partial charge in [-0.1, -0.05) is 0 Å². The number of anilines is 1. The van der Waals surface area contributed by atoms with Crippen molar-refractivity contribution < 1.29 is 23.8 Å². The molecule has 37 heavy (non-hydrogen) atoms. The normalized spacial score (nSPS) is 13.4. The van der Waals surface area contributed by atoms with Crippen LogP contribution in [0.15, 0.2) is 54.0 Å². The van der Waals surface area contributed by atoms with Crippen LogP contribution in [0.5, 0.6) is 17.2 Å². The molecule has 1 amide bonds. The molecule has 11 heteroatoms. The summed E-state index contributed by atoms with van der Waals surface area (Å²) in [7, 11) is 1.29. The van der Waals surface area contributed by atoms with Crippen LogP contribution in [0, 0.1) is 0 Å². The Balaban J connectivity index is 1.38. The maximum atomic E-state index is 12.9. The maximum Gasteiger partial charge on any atom is 0.346 e. The minimum absolute atomic E-state index is 0.284. The van der Waals surface area contributed by atoms with Gasteiger partial charge >= 0.3 is 5.97 Å². The number of fused-ring (bicyclic) bond motifs is 1. The number of esters is 1. The molecule has 0 bridgehead atoms. The fraction of sp³-hybridized carbons (Fsp3) is 0.269. The molecule has 1 N–H and O–H groups in total. The zero-order chi connectivity index (χ0) is 25.8. The molecule has 10 nitrogen and oxygen atoms in total. The maximum absolute atomic E-state index is 12.9. The van der Waals surface area contributed by atoms with Crippen molar-refractivity contribution in [3.63, 3.8) is 0 Å². The average Bonchev–Trinajstić information content (AvgIpc) is 3.58. The van der Waals surface area contributed by atoms with Gasteiger partial charge in [-0.05, 0) is 56.2 Å². The summed E-state index contributed by atoms with van der Waals surface area (Å²) in [5.41, 5.74) is 1.23. The summed E-state index contributed by atoms with van der Waals surface area (Å²) in [4.78, 5) is 28.8. The second kappa shape index (κ2) is 10.8. The molecule has 2 aromatic carbocycles. The van der Waals surface area contributed by atoms with Gasteiger partial charge in [0.2, 0.25) is 0 Å². The number of rotatable bonds is 8. The first kappa shape index (κ1) is 24.4. The molecule has 0 fully saturated rings. The molecule has 190 valence electrons. The van der Waals surface area contributed by atoms with Crippen LogP contribution in [-0.2, 0) is 22.5 Å². The van der Waals surface area contributed by atoms with Gasteiger partial charge in [0.15, 0.2) is 17.1 Å². The lowest BCUT2D eigenvalue weighted by Gasteiger charge is -2.16. The minimum Gasteiger partial charge on any atom is -0.479 e. The smallest absolute Gasteiger partial charge is 0.346 e. The third-order valence-corrected chi connectivity index (χ3v) is 6.54. The Morgan fingerprint density at radius 1 is 1.05 bits per heavy atom. The molecule has 0 saturated carbocycles. The van der Waals surface area contributed by atoms with Gasteiger partial charge in [-0.2, -0.15) is 0 Å². The molecule has 5 rings (SSSR count). The van der Waals surface area contributed by atoms with Gasteiger partial charge in [0.25, 0.3) is 5.91 Å². The standard InChI is InChI=1S/C26H25N5O5S/c1-16(25(33)34-2)35-20-13-18(24(32)28-26-27-10-12-37-26)14-21(15-20)36-19-8-6-17(7-9-19)23-30-29-22-5-3-4-11-31(22)23/h6-10,12-16H,3-5,11H2,1-2H3,(H,27,28,32)/t16-/m0/s1. The van der Waals surface area contributed by atoms with E-state index in [1.54, 1.807) is 30.6 Å². The Bertz CT molecular complexity index is 1400. The quantitative estimate of drug-likeness (QED) is 0.332. The van der Waals surface area contributed by atoms with Gasteiger partial charge in [0.1, 0.15) is 23.1 Å². The third-order valence-electron chi connectivity index (χ3n) is 5.85. The van der Waals surface area contributed by atoms with Crippen LogP contribution < -0.4 is 14.8 Å². The largest absolute Gasteiger partial charge is 0.479 e. The number of benzene rings is 2. The first-order valence-electron chi connectivity index (χ1n) is 11.8. The molecule has 0 saturated heterocycles. The predicted molar refractivity (Wildman–Crippen MR) is 137 cm³/mol. The molecule has 2 aromatic heterocycles. The number of nitrogens with one attached hydrogen (secondary N) is 1. The highest BCUT2D eigenvalue weighted by atomic mass is 32.1. The van der Waals surface area contributed by atoms with Crippen molar-refractivity contribution in [3.8, 4) is 28.6 Å². The number of amides is 1. The van der Waals surface area contributed by atoms with Crippen molar-refractivity contribution in [2.75, 3.05) is 12.4 Å². The van der Waals surface area contributed by atoms with Gasteiger partial charge in [-0.3, -0.25) is 10.1 Å². The molecule has 1 aliphatic heterocycles. The SMILES string of the molecule is COC(=O)[C@H](C)Oc1cc(Oc2ccc(-c3nnc4n3CCCC4)cc2)cc(C(=O)Nc2nccs2)c1. The highest BCUT2D eigenvalue weighted by Gasteiger charge is 2.19. The molecule has 0 spiro atoms. The van der Waals surface area contributed by atoms with Gasteiger partial charge in [-0.25, -0.2) is 9.78 Å². The van der Waals surface area contributed by atoms with E-state index in [1.807, 2.05) is 24.3 Å². The highest BCUT2D eigenvalue weighted by molar-refractivity contribution is 7.13. The van der Waals surface area contributed by atoms with E-state index in [2.05, 4.69) is 25.1 Å². The van der Waals surface area contributed by atoms with Crippen LogP contribution in [0.25, 0.3) is 11.4 Å². The molecular weight excluding hydrogens is 494 g/mol. The molecule has 0 unspecified atom stereocenters. The Labute approximate surface area is 217 Å². The predicted octanol–water partition coefficient (Wildman–Crippen LogP) is 4.72. The lowest BCUT2D eigenvalue weighted by Crippen LogP contribution is -2.25. The van der Waals surface area contributed by atoms with Crippen LogP contribution >= 0.6 is 11.3 Å². The van der Waals surface area contributed by atoms with Crippen molar-refractivity contribution in [3.05, 3.63) is 65.4 Å². The lowest BCUT2D eigenvalue weighted by atomic mass is 10.1. The van der Waals surface area contributed by atoms with E-state index in [0.29, 0.717) is 16.6 Å². The number of methoxy groups -OCH3 is 1. The van der Waals surface area contributed by atoms with Gasteiger partial charge < -0.3 is 18.8 Å². The summed E-state index contributed by atoms with van der Waals surface area (Å²) in [6.45, 7) is 2.48. The number of nitrogens with zero attached hydrogens (tertiary/aromatic N) is 4. The number of hydrogen-bond acceptors (Lipinski definition) is 9. The Morgan fingerprint density at radius 2 is 1.86 bits per heavy atom. The first-order chi connectivity index (χ1) is 18.0. The van der Waals surface area contributed by atoms with E-state index in [9.17, 15) is 9.59 Å². The van der Waals surface area contributed by atoms with Crippen molar-refractivity contribution in [2.24, 2.45) is 0 Å².